The molecule has 0 bridgehead atoms. The molecule has 4 heteroatoms. The number of aliphatic carboxylic acids is 1. The Morgan fingerprint density at radius 1 is 2.00 bits per heavy atom. The molecule has 7 heavy (non-hydrogen) atoms. The summed E-state index contributed by atoms with van der Waals surface area (Å²) in [5.41, 5.74) is 0. The lowest BCUT2D eigenvalue weighted by Crippen LogP contribution is -2.05. The van der Waals surface area contributed by atoms with E-state index in [1.807, 2.05) is 0 Å². The summed E-state index contributed by atoms with van der Waals surface area (Å²) in [6.07, 6.45) is 0.528. The first kappa shape index (κ1) is 5.94. The molecule has 1 N–H and O–H groups in total. The Kier molecular flexibility index (Phi) is 1.84. The molecule has 0 heterocycles. The van der Waals surface area contributed by atoms with Crippen LogP contribution in [0.1, 0.15) is 0 Å². The summed E-state index contributed by atoms with van der Waals surface area (Å²) in [6.45, 7) is 0. The summed E-state index contributed by atoms with van der Waals surface area (Å²) < 4.78 is 0.225. The molecule has 0 aliphatic heterocycles. The van der Waals surface area contributed by atoms with Gasteiger partial charge in [-0.1, -0.05) is 0 Å². The molecule has 0 saturated carbocycles. The average molecular weight is 103 g/mol. The largest absolute Gasteiger partial charge is 0.624 e. The fourth-order valence-electron chi connectivity index (χ4n) is 0.156. The summed E-state index contributed by atoms with van der Waals surface area (Å²) in [4.78, 5) is 9.51. The average Bonchev–Trinajstić information content (AvgIpc) is 1.27. The molecular formula is C3H5NO3. The van der Waals surface area contributed by atoms with Gasteiger partial charge in [0.25, 0.3) is 6.21 Å². The smallest absolute Gasteiger partial charge is 0.394 e. The van der Waals surface area contributed by atoms with Gasteiger partial charge in [0.1, 0.15) is 7.05 Å². The minimum absolute atomic E-state index is 0.225. The van der Waals surface area contributed by atoms with Crippen molar-refractivity contribution >= 4 is 12.2 Å². The van der Waals surface area contributed by atoms with Gasteiger partial charge >= 0.3 is 5.97 Å². The Hall–Kier alpha value is -1.06. The topological polar surface area (TPSA) is 63.4 Å². The minimum Gasteiger partial charge on any atom is -0.624 e. The van der Waals surface area contributed by atoms with Gasteiger partial charge in [-0.15, -0.1) is 0 Å². The summed E-state index contributed by atoms with van der Waals surface area (Å²) >= 11 is 0. The van der Waals surface area contributed by atoms with Crippen LogP contribution in [0.5, 0.6) is 0 Å². The second kappa shape index (κ2) is 2.17. The highest BCUT2D eigenvalue weighted by Crippen LogP contribution is 1.54. The molecule has 0 aromatic rings. The van der Waals surface area contributed by atoms with E-state index in [2.05, 4.69) is 0 Å². The standard InChI is InChI=1S/C3H5NO3/c1-4(7)2-3(5)6/h2H,1H3,(H,5,6)/b4-2-. The van der Waals surface area contributed by atoms with Crippen molar-refractivity contribution in [2.75, 3.05) is 7.05 Å². The van der Waals surface area contributed by atoms with E-state index in [9.17, 15) is 10.0 Å². The first-order valence-electron chi connectivity index (χ1n) is 1.60. The van der Waals surface area contributed by atoms with E-state index in [1.165, 1.54) is 0 Å². The molecular weight excluding hydrogens is 98.0 g/mol. The van der Waals surface area contributed by atoms with Crippen molar-refractivity contribution in [1.82, 2.24) is 0 Å². The van der Waals surface area contributed by atoms with Crippen molar-refractivity contribution in [3.63, 3.8) is 0 Å². The van der Waals surface area contributed by atoms with Crippen LogP contribution >= 0.6 is 0 Å². The second-order valence-corrected chi connectivity index (χ2v) is 1.01. The summed E-state index contributed by atoms with van der Waals surface area (Å²) in [5, 5.41) is 17.5. The van der Waals surface area contributed by atoms with E-state index in [4.69, 9.17) is 5.11 Å². The van der Waals surface area contributed by atoms with Gasteiger partial charge in [-0.3, -0.25) is 0 Å². The molecule has 0 radical (unpaired) electrons. The second-order valence-electron chi connectivity index (χ2n) is 1.01. The quantitative estimate of drug-likeness (QED) is 0.206. The highest BCUT2D eigenvalue weighted by atomic mass is 16.5. The third-order valence-corrected chi connectivity index (χ3v) is 0.292. The van der Waals surface area contributed by atoms with E-state index in [-0.39, 0.29) is 4.74 Å². The van der Waals surface area contributed by atoms with Crippen LogP contribution in [-0.2, 0) is 4.79 Å². The summed E-state index contributed by atoms with van der Waals surface area (Å²) in [6, 6.07) is 0. The van der Waals surface area contributed by atoms with Crippen LogP contribution in [0.4, 0.5) is 0 Å². The Bertz CT molecular complexity index is 103. The molecule has 40 valence electrons. The molecule has 0 atom stereocenters. The van der Waals surface area contributed by atoms with Crippen molar-refractivity contribution in [1.29, 1.82) is 0 Å². The monoisotopic (exact) mass is 103 g/mol. The molecule has 0 unspecified atom stereocenters. The van der Waals surface area contributed by atoms with Crippen LogP contribution in [0.3, 0.4) is 0 Å². The molecule has 0 rings (SSSR count). The highest BCUT2D eigenvalue weighted by Gasteiger charge is 1.89. The van der Waals surface area contributed by atoms with Gasteiger partial charge in [0.2, 0.25) is 0 Å². The zero-order chi connectivity index (χ0) is 5.86. The van der Waals surface area contributed by atoms with Crippen molar-refractivity contribution in [2.24, 2.45) is 0 Å². The third kappa shape index (κ3) is 4.94. The minimum atomic E-state index is -1.22. The fourth-order valence-corrected chi connectivity index (χ4v) is 0.156. The van der Waals surface area contributed by atoms with Crippen LogP contribution < -0.4 is 0 Å². The van der Waals surface area contributed by atoms with E-state index < -0.39 is 5.97 Å². The SMILES string of the molecule is C/[N+]([O-])=C/C(=O)O. The lowest BCUT2D eigenvalue weighted by Gasteiger charge is -1.88. The molecule has 4 nitrogen and oxygen atoms in total. The van der Waals surface area contributed by atoms with Crippen LogP contribution in [0.2, 0.25) is 0 Å². The molecule has 0 amide bonds. The predicted octanol–water partition coefficient (Wildman–Crippen LogP) is -0.718. The van der Waals surface area contributed by atoms with Crippen molar-refractivity contribution in [2.45, 2.75) is 0 Å². The van der Waals surface area contributed by atoms with E-state index >= 15 is 0 Å². The predicted molar refractivity (Wildman–Crippen MR) is 23.3 cm³/mol. The molecule has 0 aromatic heterocycles. The normalized spacial score (nSPS) is 11.3. The van der Waals surface area contributed by atoms with Gasteiger partial charge in [0.05, 0.1) is 0 Å². The number of carboxylic acids is 1. The zero-order valence-corrected chi connectivity index (χ0v) is 3.79. The third-order valence-electron chi connectivity index (χ3n) is 0.292. The summed E-state index contributed by atoms with van der Waals surface area (Å²) in [7, 11) is 1.11. The maximum absolute atomic E-state index is 9.73. The number of carbonyl (C=O) groups is 1. The van der Waals surface area contributed by atoms with E-state index in [1.54, 1.807) is 0 Å². The van der Waals surface area contributed by atoms with E-state index in [0.717, 1.165) is 7.05 Å². The van der Waals surface area contributed by atoms with Gasteiger partial charge in [0.15, 0.2) is 0 Å². The zero-order valence-electron chi connectivity index (χ0n) is 3.79. The maximum Gasteiger partial charge on any atom is 0.394 e. The van der Waals surface area contributed by atoms with E-state index in [0.29, 0.717) is 6.21 Å². The number of hydrogen-bond donors (Lipinski definition) is 1. The van der Waals surface area contributed by atoms with Crippen LogP contribution in [0, 0.1) is 5.21 Å². The van der Waals surface area contributed by atoms with Gasteiger partial charge in [-0.2, -0.15) is 0 Å². The Labute approximate surface area is 40.3 Å². The van der Waals surface area contributed by atoms with Crippen molar-refractivity contribution in [3.8, 4) is 0 Å². The number of nitrogens with zero attached hydrogens (tertiary/aromatic N) is 1. The molecule has 0 aliphatic rings. The van der Waals surface area contributed by atoms with Gasteiger partial charge < -0.3 is 10.3 Å². The van der Waals surface area contributed by atoms with Gasteiger partial charge in [-0.05, 0) is 0 Å². The lowest BCUT2D eigenvalue weighted by molar-refractivity contribution is -0.417. The summed E-state index contributed by atoms with van der Waals surface area (Å²) in [5.74, 6) is -1.22. The highest BCUT2D eigenvalue weighted by molar-refractivity contribution is 6.19. The molecule has 0 spiro atoms. The van der Waals surface area contributed by atoms with Gasteiger partial charge in [-0.25, -0.2) is 9.53 Å². The Balaban J connectivity index is 3.68. The number of carboxylic acid groups (broad SMARTS) is 1. The number of hydrogen-bond acceptors (Lipinski definition) is 2. The first-order chi connectivity index (χ1) is 3.13. The Morgan fingerprint density at radius 3 is 2.43 bits per heavy atom. The van der Waals surface area contributed by atoms with Crippen LogP contribution in [-0.4, -0.2) is 29.1 Å². The van der Waals surface area contributed by atoms with Crippen molar-refractivity contribution in [3.05, 3.63) is 5.21 Å². The van der Waals surface area contributed by atoms with Crippen LogP contribution in [0.25, 0.3) is 0 Å². The number of rotatable bonds is 1. The molecule has 0 fully saturated rings. The maximum atomic E-state index is 9.73. The van der Waals surface area contributed by atoms with Crippen molar-refractivity contribution < 1.29 is 14.6 Å². The Morgan fingerprint density at radius 2 is 2.43 bits per heavy atom. The lowest BCUT2D eigenvalue weighted by atomic mass is 10.8. The molecule has 0 aromatic carbocycles. The first-order valence-corrected chi connectivity index (χ1v) is 1.60. The molecule has 0 aliphatic carbocycles. The molecule has 0 saturated heterocycles. The van der Waals surface area contributed by atoms with Gasteiger partial charge in [0, 0.05) is 0 Å². The number of hydroxylamine groups is 1. The van der Waals surface area contributed by atoms with Crippen LogP contribution in [0.15, 0.2) is 0 Å². The fraction of sp³-hybridized carbons (Fsp3) is 0.333.